The molecule has 0 aromatic heterocycles. The van der Waals surface area contributed by atoms with Crippen molar-refractivity contribution in [2.24, 2.45) is 5.73 Å². The maximum absolute atomic E-state index is 13.9. The Morgan fingerprint density at radius 3 is 2.54 bits per heavy atom. The quantitative estimate of drug-likeness (QED) is 0.697. The Morgan fingerprint density at radius 1 is 1.23 bits per heavy atom. The predicted molar refractivity (Wildman–Crippen MR) is 95.7 cm³/mol. The lowest BCUT2D eigenvalue weighted by molar-refractivity contribution is -0.119. The minimum Gasteiger partial charge on any atom is -0.444 e. The summed E-state index contributed by atoms with van der Waals surface area (Å²) in [6.07, 6.45) is 0.892. The molecule has 1 atom stereocenters. The van der Waals surface area contributed by atoms with E-state index in [4.69, 9.17) is 10.5 Å². The average molecular weight is 370 g/mol. The first-order valence-corrected chi connectivity index (χ1v) is 8.76. The molecule has 1 unspecified atom stereocenters. The van der Waals surface area contributed by atoms with Crippen LogP contribution in [0.4, 0.5) is 13.6 Å². The average Bonchev–Trinajstić information content (AvgIpc) is 2.52. The molecule has 1 aromatic carbocycles. The summed E-state index contributed by atoms with van der Waals surface area (Å²) in [7, 11) is 0. The molecule has 0 spiro atoms. The van der Waals surface area contributed by atoms with Gasteiger partial charge in [-0.1, -0.05) is 0 Å². The Labute approximate surface area is 153 Å². The first-order valence-electron chi connectivity index (χ1n) is 8.76. The van der Waals surface area contributed by atoms with E-state index in [2.05, 4.69) is 5.32 Å². The van der Waals surface area contributed by atoms with Crippen LogP contribution in [0, 0.1) is 11.6 Å². The summed E-state index contributed by atoms with van der Waals surface area (Å²) in [5, 5.41) is 2.65. The topological polar surface area (TPSA) is 81.4 Å². The molecule has 146 valence electrons. The van der Waals surface area contributed by atoms with Gasteiger partial charge in [-0.15, -0.1) is 0 Å². The number of hydrogen-bond donors (Lipinski definition) is 2. The van der Waals surface area contributed by atoms with E-state index in [0.29, 0.717) is 25.8 Å². The van der Waals surface area contributed by atoms with Gasteiger partial charge in [-0.2, -0.15) is 0 Å². The number of nitrogens with one attached hydrogen (secondary N) is 1. The maximum atomic E-state index is 13.9. The van der Waals surface area contributed by atoms with Crippen LogP contribution in [-0.2, 0) is 16.0 Å². The molecular formula is C19H28F2N2O3. The summed E-state index contributed by atoms with van der Waals surface area (Å²) < 4.78 is 32.5. The van der Waals surface area contributed by atoms with Crippen LogP contribution in [0.5, 0.6) is 0 Å². The Hall–Kier alpha value is -2.02. The number of nitrogens with two attached hydrogens (primary N) is 1. The normalized spacial score (nSPS) is 12.5. The van der Waals surface area contributed by atoms with Crippen molar-refractivity contribution in [3.63, 3.8) is 0 Å². The molecule has 5 nitrogen and oxygen atoms in total. The number of ketones is 1. The second-order valence-electron chi connectivity index (χ2n) is 7.25. The highest BCUT2D eigenvalue weighted by atomic mass is 19.1. The SMILES string of the molecule is CC(C)(C)OC(=O)NC(CCC(=O)CCCN)Cc1cc(F)ccc1F. The minimum atomic E-state index is -0.685. The summed E-state index contributed by atoms with van der Waals surface area (Å²) in [5.41, 5.74) is 4.84. The summed E-state index contributed by atoms with van der Waals surface area (Å²) in [6, 6.07) is 2.62. The van der Waals surface area contributed by atoms with Crippen LogP contribution in [0.15, 0.2) is 18.2 Å². The van der Waals surface area contributed by atoms with Gasteiger partial charge in [-0.3, -0.25) is 4.79 Å². The van der Waals surface area contributed by atoms with Crippen molar-refractivity contribution in [2.45, 2.75) is 64.5 Å². The molecule has 26 heavy (non-hydrogen) atoms. The number of halogens is 2. The molecule has 0 aliphatic carbocycles. The molecular weight excluding hydrogens is 342 g/mol. The largest absolute Gasteiger partial charge is 0.444 e. The molecule has 0 aliphatic rings. The summed E-state index contributed by atoms with van der Waals surface area (Å²) in [5.74, 6) is -1.10. The van der Waals surface area contributed by atoms with Crippen molar-refractivity contribution in [2.75, 3.05) is 6.54 Å². The van der Waals surface area contributed by atoms with Gasteiger partial charge in [0, 0.05) is 18.9 Å². The van der Waals surface area contributed by atoms with E-state index in [1.165, 1.54) is 0 Å². The van der Waals surface area contributed by atoms with Crippen molar-refractivity contribution >= 4 is 11.9 Å². The van der Waals surface area contributed by atoms with Crippen LogP contribution in [0.3, 0.4) is 0 Å². The van der Waals surface area contributed by atoms with Crippen LogP contribution < -0.4 is 11.1 Å². The van der Waals surface area contributed by atoms with Gasteiger partial charge < -0.3 is 15.8 Å². The van der Waals surface area contributed by atoms with Gasteiger partial charge in [0.15, 0.2) is 0 Å². The molecule has 0 saturated carbocycles. The molecule has 7 heteroatoms. The van der Waals surface area contributed by atoms with Crippen LogP contribution in [0.1, 0.15) is 52.0 Å². The van der Waals surface area contributed by atoms with Crippen molar-refractivity contribution in [1.82, 2.24) is 5.32 Å². The van der Waals surface area contributed by atoms with Crippen LogP contribution in [-0.4, -0.2) is 30.1 Å². The van der Waals surface area contributed by atoms with Crippen molar-refractivity contribution in [1.29, 1.82) is 0 Å². The molecule has 3 N–H and O–H groups in total. The monoisotopic (exact) mass is 370 g/mol. The molecule has 0 saturated heterocycles. The molecule has 0 radical (unpaired) electrons. The van der Waals surface area contributed by atoms with E-state index in [0.717, 1.165) is 18.2 Å². The minimum absolute atomic E-state index is 0.0196. The van der Waals surface area contributed by atoms with Crippen molar-refractivity contribution in [3.8, 4) is 0 Å². The lowest BCUT2D eigenvalue weighted by Crippen LogP contribution is -2.40. The first kappa shape index (κ1) is 22.0. The second kappa shape index (κ2) is 10.2. The standard InChI is InChI=1S/C19H28F2N2O3/c1-19(2,3)26-18(25)23-15(7-8-16(24)5-4-10-22)12-13-11-14(20)6-9-17(13)21/h6,9,11,15H,4-5,7-8,10,12,22H2,1-3H3,(H,23,25). The van der Waals surface area contributed by atoms with Gasteiger partial charge in [0.05, 0.1) is 0 Å². The Kier molecular flexibility index (Phi) is 8.65. The van der Waals surface area contributed by atoms with Gasteiger partial charge in [-0.05, 0) is 70.3 Å². The number of ether oxygens (including phenoxy) is 1. The van der Waals surface area contributed by atoms with Gasteiger partial charge in [0.2, 0.25) is 0 Å². The van der Waals surface area contributed by atoms with Gasteiger partial charge in [0.25, 0.3) is 0 Å². The Morgan fingerprint density at radius 2 is 1.92 bits per heavy atom. The number of carbonyl (C=O) groups excluding carboxylic acids is 2. The first-order chi connectivity index (χ1) is 12.1. The zero-order valence-corrected chi connectivity index (χ0v) is 15.6. The highest BCUT2D eigenvalue weighted by molar-refractivity contribution is 5.78. The van der Waals surface area contributed by atoms with E-state index in [9.17, 15) is 18.4 Å². The summed E-state index contributed by atoms with van der Waals surface area (Å²) >= 11 is 0. The number of carbonyl (C=O) groups is 2. The van der Waals surface area contributed by atoms with Gasteiger partial charge in [-0.25, -0.2) is 13.6 Å². The number of benzene rings is 1. The molecule has 0 heterocycles. The van der Waals surface area contributed by atoms with Gasteiger partial charge in [0.1, 0.15) is 23.0 Å². The van der Waals surface area contributed by atoms with E-state index in [1.54, 1.807) is 20.8 Å². The fraction of sp³-hybridized carbons (Fsp3) is 0.579. The number of hydrogen-bond acceptors (Lipinski definition) is 4. The fourth-order valence-electron chi connectivity index (χ4n) is 2.42. The second-order valence-corrected chi connectivity index (χ2v) is 7.25. The van der Waals surface area contributed by atoms with E-state index in [-0.39, 0.29) is 24.2 Å². The van der Waals surface area contributed by atoms with Crippen LogP contribution in [0.2, 0.25) is 0 Å². The van der Waals surface area contributed by atoms with Crippen molar-refractivity contribution in [3.05, 3.63) is 35.4 Å². The van der Waals surface area contributed by atoms with E-state index < -0.39 is 29.4 Å². The van der Waals surface area contributed by atoms with Gasteiger partial charge >= 0.3 is 6.09 Å². The molecule has 1 aromatic rings. The lowest BCUT2D eigenvalue weighted by Gasteiger charge is -2.24. The fourth-order valence-corrected chi connectivity index (χ4v) is 2.42. The third-order valence-corrected chi connectivity index (χ3v) is 3.63. The molecule has 1 rings (SSSR count). The molecule has 0 bridgehead atoms. The Bertz CT molecular complexity index is 615. The number of alkyl carbamates (subject to hydrolysis) is 1. The summed E-state index contributed by atoms with van der Waals surface area (Å²) in [4.78, 5) is 23.9. The Balaban J connectivity index is 2.78. The zero-order chi connectivity index (χ0) is 19.7. The predicted octanol–water partition coefficient (Wildman–Crippen LogP) is 3.49. The van der Waals surface area contributed by atoms with E-state index >= 15 is 0 Å². The smallest absolute Gasteiger partial charge is 0.407 e. The highest BCUT2D eigenvalue weighted by Crippen LogP contribution is 2.16. The molecule has 1 amide bonds. The highest BCUT2D eigenvalue weighted by Gasteiger charge is 2.21. The molecule has 0 aliphatic heterocycles. The number of rotatable bonds is 9. The third kappa shape index (κ3) is 8.89. The number of amides is 1. The number of Topliss-reactive ketones (excluding diaryl/α,β-unsaturated/α-hetero) is 1. The maximum Gasteiger partial charge on any atom is 0.407 e. The van der Waals surface area contributed by atoms with Crippen LogP contribution in [0.25, 0.3) is 0 Å². The molecule has 0 fully saturated rings. The van der Waals surface area contributed by atoms with E-state index in [1.807, 2.05) is 0 Å². The third-order valence-electron chi connectivity index (χ3n) is 3.63. The lowest BCUT2D eigenvalue weighted by atomic mass is 9.99. The summed E-state index contributed by atoms with van der Waals surface area (Å²) in [6.45, 7) is 5.61. The van der Waals surface area contributed by atoms with Crippen LogP contribution >= 0.6 is 0 Å². The zero-order valence-electron chi connectivity index (χ0n) is 15.6. The van der Waals surface area contributed by atoms with Crippen molar-refractivity contribution < 1.29 is 23.1 Å².